The van der Waals surface area contributed by atoms with Crippen LogP contribution in [-0.4, -0.2) is 67.4 Å². The van der Waals surface area contributed by atoms with Crippen molar-refractivity contribution >= 4 is 17.7 Å². The average molecular weight is 360 g/mol. The van der Waals surface area contributed by atoms with Crippen LogP contribution in [-0.2, 0) is 11.3 Å². The van der Waals surface area contributed by atoms with Crippen LogP contribution in [0.3, 0.4) is 0 Å². The van der Waals surface area contributed by atoms with Gasteiger partial charge in [-0.15, -0.1) is 10.2 Å². The van der Waals surface area contributed by atoms with E-state index in [1.54, 1.807) is 6.33 Å². The maximum absolute atomic E-state index is 12.5. The van der Waals surface area contributed by atoms with Crippen molar-refractivity contribution in [3.63, 3.8) is 0 Å². The Morgan fingerprint density at radius 1 is 1.24 bits per heavy atom. The Bertz CT molecular complexity index is 681. The zero-order chi connectivity index (χ0) is 17.6. The van der Waals surface area contributed by atoms with Crippen LogP contribution in [0.1, 0.15) is 25.6 Å². The summed E-state index contributed by atoms with van der Waals surface area (Å²) >= 11 is 1.46. The van der Waals surface area contributed by atoms with Gasteiger partial charge in [-0.3, -0.25) is 14.7 Å². The van der Waals surface area contributed by atoms with Gasteiger partial charge in [0.15, 0.2) is 5.16 Å². The smallest absolute Gasteiger partial charge is 0.233 e. The summed E-state index contributed by atoms with van der Waals surface area (Å²) in [6, 6.07) is 6.27. The van der Waals surface area contributed by atoms with Gasteiger partial charge in [0.05, 0.1) is 11.4 Å². The first-order valence-electron chi connectivity index (χ1n) is 8.56. The van der Waals surface area contributed by atoms with Crippen molar-refractivity contribution in [1.82, 2.24) is 29.5 Å². The lowest BCUT2D eigenvalue weighted by molar-refractivity contribution is -0.130. The van der Waals surface area contributed by atoms with Crippen molar-refractivity contribution in [2.45, 2.75) is 31.6 Å². The minimum atomic E-state index is 0.167. The first kappa shape index (κ1) is 17.9. The lowest BCUT2D eigenvalue weighted by Crippen LogP contribution is -2.48. The molecule has 1 aliphatic heterocycles. The molecule has 25 heavy (non-hydrogen) atoms. The number of nitrogens with zero attached hydrogens (tertiary/aromatic N) is 6. The van der Waals surface area contributed by atoms with Gasteiger partial charge >= 0.3 is 0 Å². The van der Waals surface area contributed by atoms with Crippen molar-refractivity contribution < 1.29 is 4.79 Å². The fourth-order valence-corrected chi connectivity index (χ4v) is 3.73. The number of piperazine rings is 1. The molecule has 2 aromatic heterocycles. The minimum absolute atomic E-state index is 0.167. The zero-order valence-corrected chi connectivity index (χ0v) is 15.5. The molecule has 0 radical (unpaired) electrons. The van der Waals surface area contributed by atoms with E-state index >= 15 is 0 Å². The fourth-order valence-electron chi connectivity index (χ4n) is 2.78. The van der Waals surface area contributed by atoms with Crippen LogP contribution in [0, 0.1) is 0 Å². The van der Waals surface area contributed by atoms with E-state index in [-0.39, 0.29) is 5.91 Å². The molecule has 134 valence electrons. The van der Waals surface area contributed by atoms with Crippen LogP contribution in [0.5, 0.6) is 0 Å². The fraction of sp³-hybridized carbons (Fsp3) is 0.529. The van der Waals surface area contributed by atoms with Crippen LogP contribution in [0.25, 0.3) is 0 Å². The highest BCUT2D eigenvalue weighted by Crippen LogP contribution is 2.19. The van der Waals surface area contributed by atoms with E-state index in [9.17, 15) is 4.79 Å². The maximum atomic E-state index is 12.5. The van der Waals surface area contributed by atoms with Gasteiger partial charge in [-0.2, -0.15) is 0 Å². The topological polar surface area (TPSA) is 67.2 Å². The number of carbonyl (C=O) groups excluding carboxylic acids is 1. The first-order valence-corrected chi connectivity index (χ1v) is 9.54. The molecule has 0 aliphatic carbocycles. The summed E-state index contributed by atoms with van der Waals surface area (Å²) in [6.45, 7) is 8.30. The lowest BCUT2D eigenvalue weighted by Gasteiger charge is -2.34. The Hall–Kier alpha value is -1.93. The Balaban J connectivity index is 1.44. The molecule has 2 aromatic rings. The Labute approximate surface area is 152 Å². The highest BCUT2D eigenvalue weighted by atomic mass is 32.2. The molecule has 3 rings (SSSR count). The Morgan fingerprint density at radius 2 is 2.04 bits per heavy atom. The number of rotatable bonds is 6. The zero-order valence-electron chi connectivity index (χ0n) is 14.7. The van der Waals surface area contributed by atoms with E-state index in [2.05, 4.69) is 33.9 Å². The van der Waals surface area contributed by atoms with Gasteiger partial charge in [0.25, 0.3) is 0 Å². The van der Waals surface area contributed by atoms with E-state index in [1.165, 1.54) is 11.8 Å². The van der Waals surface area contributed by atoms with Crippen LogP contribution >= 0.6 is 11.8 Å². The largest absolute Gasteiger partial charge is 0.339 e. The van der Waals surface area contributed by atoms with Crippen molar-refractivity contribution in [2.24, 2.45) is 0 Å². The standard InChI is InChI=1S/C17H24N6OS/c1-14(2)23-13-19-20-17(23)25-12-16(24)22-9-7-21(8-10-22)11-15-5-3-4-6-18-15/h3-6,13-14H,7-12H2,1-2H3. The van der Waals surface area contributed by atoms with Crippen molar-refractivity contribution in [3.8, 4) is 0 Å². The monoisotopic (exact) mass is 360 g/mol. The summed E-state index contributed by atoms with van der Waals surface area (Å²) in [5.74, 6) is 0.576. The molecular weight excluding hydrogens is 336 g/mol. The number of aromatic nitrogens is 4. The van der Waals surface area contributed by atoms with Gasteiger partial charge in [-0.25, -0.2) is 0 Å². The third-order valence-electron chi connectivity index (χ3n) is 4.26. The van der Waals surface area contributed by atoms with E-state index in [0.29, 0.717) is 11.8 Å². The average Bonchev–Trinajstić information content (AvgIpc) is 3.10. The van der Waals surface area contributed by atoms with E-state index in [0.717, 1.165) is 43.6 Å². The molecule has 7 nitrogen and oxygen atoms in total. The molecule has 0 aromatic carbocycles. The van der Waals surface area contributed by atoms with E-state index < -0.39 is 0 Å². The highest BCUT2D eigenvalue weighted by molar-refractivity contribution is 7.99. The number of carbonyl (C=O) groups is 1. The third kappa shape index (κ3) is 4.79. The molecule has 1 saturated heterocycles. The first-order chi connectivity index (χ1) is 12.1. The second-order valence-electron chi connectivity index (χ2n) is 6.38. The van der Waals surface area contributed by atoms with E-state index in [1.807, 2.05) is 33.9 Å². The molecule has 0 unspecified atom stereocenters. The molecule has 0 atom stereocenters. The second-order valence-corrected chi connectivity index (χ2v) is 7.32. The molecule has 0 saturated carbocycles. The lowest BCUT2D eigenvalue weighted by atomic mass is 10.2. The van der Waals surface area contributed by atoms with Crippen molar-refractivity contribution in [2.75, 3.05) is 31.9 Å². The molecule has 3 heterocycles. The molecular formula is C17H24N6OS. The Morgan fingerprint density at radius 3 is 2.72 bits per heavy atom. The summed E-state index contributed by atoms with van der Waals surface area (Å²) in [5, 5.41) is 8.84. The summed E-state index contributed by atoms with van der Waals surface area (Å²) in [6.07, 6.45) is 3.54. The van der Waals surface area contributed by atoms with Crippen LogP contribution in [0.4, 0.5) is 0 Å². The minimum Gasteiger partial charge on any atom is -0.339 e. The summed E-state index contributed by atoms with van der Waals surface area (Å²) in [7, 11) is 0. The molecule has 1 fully saturated rings. The normalized spacial score (nSPS) is 15.7. The van der Waals surface area contributed by atoms with Gasteiger partial charge in [-0.05, 0) is 26.0 Å². The van der Waals surface area contributed by atoms with Gasteiger partial charge in [0, 0.05) is 45.0 Å². The predicted molar refractivity (Wildman–Crippen MR) is 97.2 cm³/mol. The molecule has 1 aliphatic rings. The van der Waals surface area contributed by atoms with Gasteiger partial charge in [-0.1, -0.05) is 17.8 Å². The third-order valence-corrected chi connectivity index (χ3v) is 5.20. The van der Waals surface area contributed by atoms with Crippen LogP contribution in [0.15, 0.2) is 35.9 Å². The molecule has 8 heteroatoms. The van der Waals surface area contributed by atoms with Gasteiger partial charge in [0.1, 0.15) is 6.33 Å². The van der Waals surface area contributed by atoms with Gasteiger partial charge in [0.2, 0.25) is 5.91 Å². The van der Waals surface area contributed by atoms with Crippen LogP contribution < -0.4 is 0 Å². The second kappa shape index (κ2) is 8.44. The number of hydrogen-bond donors (Lipinski definition) is 0. The van der Waals surface area contributed by atoms with Gasteiger partial charge < -0.3 is 9.47 Å². The van der Waals surface area contributed by atoms with Crippen molar-refractivity contribution in [1.29, 1.82) is 0 Å². The summed E-state index contributed by atoms with van der Waals surface area (Å²) in [4.78, 5) is 21.1. The molecule has 0 N–H and O–H groups in total. The summed E-state index contributed by atoms with van der Waals surface area (Å²) < 4.78 is 1.99. The molecule has 1 amide bonds. The SMILES string of the molecule is CC(C)n1cnnc1SCC(=O)N1CCN(Cc2ccccn2)CC1. The number of pyridine rings is 1. The molecule has 0 bridgehead atoms. The summed E-state index contributed by atoms with van der Waals surface area (Å²) in [5.41, 5.74) is 1.07. The van der Waals surface area contributed by atoms with Crippen LogP contribution in [0.2, 0.25) is 0 Å². The molecule has 0 spiro atoms. The maximum Gasteiger partial charge on any atom is 0.233 e. The predicted octanol–water partition coefficient (Wildman–Crippen LogP) is 1.69. The number of hydrogen-bond acceptors (Lipinski definition) is 6. The van der Waals surface area contributed by atoms with E-state index in [4.69, 9.17) is 0 Å². The Kier molecular flexibility index (Phi) is 6.04. The number of amides is 1. The highest BCUT2D eigenvalue weighted by Gasteiger charge is 2.22. The number of thioether (sulfide) groups is 1. The van der Waals surface area contributed by atoms with Crippen molar-refractivity contribution in [3.05, 3.63) is 36.4 Å². The quantitative estimate of drug-likeness (QED) is 0.731.